The number of carbonyl (C=O) groups is 2. The van der Waals surface area contributed by atoms with Crippen molar-refractivity contribution < 1.29 is 9.59 Å². The number of anilines is 1. The van der Waals surface area contributed by atoms with Crippen molar-refractivity contribution in [3.05, 3.63) is 17.0 Å². The van der Waals surface area contributed by atoms with Gasteiger partial charge in [-0.25, -0.2) is 0 Å². The van der Waals surface area contributed by atoms with Gasteiger partial charge in [0.05, 0.1) is 12.1 Å². The van der Waals surface area contributed by atoms with E-state index in [1.807, 2.05) is 4.90 Å². The Hall–Kier alpha value is -1.44. The summed E-state index contributed by atoms with van der Waals surface area (Å²) in [5.74, 6) is -0.180. The van der Waals surface area contributed by atoms with E-state index in [9.17, 15) is 9.59 Å². The fraction of sp³-hybridized carbons (Fsp3) is 0.538. The molecule has 0 bridgehead atoms. The second kappa shape index (κ2) is 6.34. The van der Waals surface area contributed by atoms with Crippen molar-refractivity contribution in [3.63, 3.8) is 0 Å². The minimum Gasteiger partial charge on any atom is -0.366 e. The molecule has 2 rings (SSSR count). The molecule has 0 saturated carbocycles. The summed E-state index contributed by atoms with van der Waals surface area (Å²) in [4.78, 5) is 25.3. The van der Waals surface area contributed by atoms with Crippen molar-refractivity contribution in [3.8, 4) is 0 Å². The maximum Gasteiger partial charge on any atom is 0.251 e. The van der Waals surface area contributed by atoms with Crippen LogP contribution in [0.2, 0.25) is 0 Å². The van der Waals surface area contributed by atoms with E-state index in [1.54, 1.807) is 11.4 Å². The number of carbonyl (C=O) groups excluding carboxylic acids is 2. The molecule has 20 heavy (non-hydrogen) atoms. The number of primary amides is 1. The summed E-state index contributed by atoms with van der Waals surface area (Å²) < 4.78 is 0. The maximum atomic E-state index is 12.0. The lowest BCUT2D eigenvalue weighted by molar-refractivity contribution is -0.117. The van der Waals surface area contributed by atoms with Crippen LogP contribution < -0.4 is 16.8 Å². The molecule has 1 aromatic rings. The highest BCUT2D eigenvalue weighted by molar-refractivity contribution is 7.14. The van der Waals surface area contributed by atoms with E-state index in [4.69, 9.17) is 11.5 Å². The molecule has 2 unspecified atom stereocenters. The number of nitrogens with two attached hydrogens (primary N) is 2. The van der Waals surface area contributed by atoms with Gasteiger partial charge in [-0.3, -0.25) is 14.5 Å². The Balaban J connectivity index is 1.92. The molecule has 110 valence electrons. The first-order valence-corrected chi connectivity index (χ1v) is 7.48. The van der Waals surface area contributed by atoms with Crippen LogP contribution in [0.4, 0.5) is 5.00 Å². The van der Waals surface area contributed by atoms with Gasteiger partial charge in [-0.15, -0.1) is 11.3 Å². The first-order chi connectivity index (χ1) is 9.45. The first kappa shape index (κ1) is 15.0. The van der Waals surface area contributed by atoms with Crippen LogP contribution >= 0.6 is 11.3 Å². The van der Waals surface area contributed by atoms with Gasteiger partial charge in [0, 0.05) is 19.1 Å². The van der Waals surface area contributed by atoms with Gasteiger partial charge >= 0.3 is 0 Å². The van der Waals surface area contributed by atoms with Crippen molar-refractivity contribution in [1.82, 2.24) is 4.90 Å². The molecule has 7 heteroatoms. The largest absolute Gasteiger partial charge is 0.366 e. The molecule has 1 aliphatic rings. The Morgan fingerprint density at radius 3 is 2.90 bits per heavy atom. The third-order valence-electron chi connectivity index (χ3n) is 3.32. The van der Waals surface area contributed by atoms with Crippen molar-refractivity contribution in [1.29, 1.82) is 0 Å². The van der Waals surface area contributed by atoms with Crippen LogP contribution in [0.1, 0.15) is 23.7 Å². The number of piperidine rings is 1. The van der Waals surface area contributed by atoms with E-state index in [0.29, 0.717) is 16.5 Å². The summed E-state index contributed by atoms with van der Waals surface area (Å²) in [5.41, 5.74) is 11.6. The lowest BCUT2D eigenvalue weighted by atomic mass is 9.97. The SMILES string of the molecule is CC1CC(N)CN(CC(=O)Nc2sccc2C(N)=O)C1. The van der Waals surface area contributed by atoms with Crippen LogP contribution in [-0.4, -0.2) is 42.4 Å². The number of amides is 2. The highest BCUT2D eigenvalue weighted by atomic mass is 32.1. The molecule has 0 aromatic carbocycles. The van der Waals surface area contributed by atoms with Crippen LogP contribution in [0.3, 0.4) is 0 Å². The third-order valence-corrected chi connectivity index (χ3v) is 4.15. The number of thiophene rings is 1. The Morgan fingerprint density at radius 2 is 2.25 bits per heavy atom. The van der Waals surface area contributed by atoms with Crippen LogP contribution in [-0.2, 0) is 4.79 Å². The van der Waals surface area contributed by atoms with Gasteiger partial charge in [-0.1, -0.05) is 6.92 Å². The smallest absolute Gasteiger partial charge is 0.251 e. The topological polar surface area (TPSA) is 101 Å². The van der Waals surface area contributed by atoms with Gasteiger partial charge in [-0.2, -0.15) is 0 Å². The quantitative estimate of drug-likeness (QED) is 0.751. The van der Waals surface area contributed by atoms with Crippen molar-refractivity contribution in [2.75, 3.05) is 25.0 Å². The van der Waals surface area contributed by atoms with Gasteiger partial charge in [-0.05, 0) is 23.8 Å². The number of hydrogen-bond acceptors (Lipinski definition) is 5. The van der Waals surface area contributed by atoms with E-state index in [-0.39, 0.29) is 18.5 Å². The standard InChI is InChI=1S/C13H20N4O2S/c1-8-4-9(14)6-17(5-8)7-11(18)16-13-10(12(15)19)2-3-20-13/h2-3,8-9H,4-7,14H2,1H3,(H2,15,19)(H,16,18). The summed E-state index contributed by atoms with van der Waals surface area (Å²) in [6.07, 6.45) is 0.995. The highest BCUT2D eigenvalue weighted by Crippen LogP contribution is 2.22. The van der Waals surface area contributed by atoms with E-state index >= 15 is 0 Å². The minimum atomic E-state index is -0.532. The molecular weight excluding hydrogens is 276 g/mol. The molecule has 1 fully saturated rings. The van der Waals surface area contributed by atoms with Gasteiger partial charge < -0.3 is 16.8 Å². The molecule has 1 aliphatic heterocycles. The Labute approximate surface area is 122 Å². The number of nitrogens with one attached hydrogen (secondary N) is 1. The summed E-state index contributed by atoms with van der Waals surface area (Å²) >= 11 is 1.29. The fourth-order valence-electron chi connectivity index (χ4n) is 2.61. The van der Waals surface area contributed by atoms with E-state index in [1.165, 1.54) is 11.3 Å². The zero-order valence-corrected chi connectivity index (χ0v) is 12.3. The highest BCUT2D eigenvalue weighted by Gasteiger charge is 2.24. The number of nitrogens with zero attached hydrogens (tertiary/aromatic N) is 1. The molecule has 0 radical (unpaired) electrons. The van der Waals surface area contributed by atoms with Crippen LogP contribution in [0.15, 0.2) is 11.4 Å². The Bertz CT molecular complexity index is 492. The molecule has 6 nitrogen and oxygen atoms in total. The van der Waals surface area contributed by atoms with Gasteiger partial charge in [0.25, 0.3) is 5.91 Å². The second-order valence-electron chi connectivity index (χ2n) is 5.37. The molecule has 0 aliphatic carbocycles. The summed E-state index contributed by atoms with van der Waals surface area (Å²) in [6.45, 7) is 4.02. The molecule has 1 aromatic heterocycles. The van der Waals surface area contributed by atoms with E-state index < -0.39 is 5.91 Å². The average molecular weight is 296 g/mol. The number of rotatable bonds is 4. The molecule has 5 N–H and O–H groups in total. The first-order valence-electron chi connectivity index (χ1n) is 6.60. The zero-order valence-electron chi connectivity index (χ0n) is 11.5. The van der Waals surface area contributed by atoms with E-state index in [2.05, 4.69) is 12.2 Å². The second-order valence-corrected chi connectivity index (χ2v) is 6.29. The van der Waals surface area contributed by atoms with Crippen molar-refractivity contribution in [2.24, 2.45) is 17.4 Å². The molecule has 0 spiro atoms. The fourth-order valence-corrected chi connectivity index (χ4v) is 3.42. The average Bonchev–Trinajstić information content (AvgIpc) is 2.75. The maximum absolute atomic E-state index is 12.0. The van der Waals surface area contributed by atoms with Gasteiger partial charge in [0.2, 0.25) is 5.91 Å². The number of likely N-dealkylation sites (tertiary alicyclic amines) is 1. The Morgan fingerprint density at radius 1 is 1.50 bits per heavy atom. The van der Waals surface area contributed by atoms with Crippen molar-refractivity contribution in [2.45, 2.75) is 19.4 Å². The molecule has 1 saturated heterocycles. The van der Waals surface area contributed by atoms with Gasteiger partial charge in [0.15, 0.2) is 0 Å². The summed E-state index contributed by atoms with van der Waals surface area (Å²) in [7, 11) is 0. The van der Waals surface area contributed by atoms with Gasteiger partial charge in [0.1, 0.15) is 5.00 Å². The predicted molar refractivity (Wildman–Crippen MR) is 79.7 cm³/mol. The summed E-state index contributed by atoms with van der Waals surface area (Å²) in [6, 6.07) is 1.73. The summed E-state index contributed by atoms with van der Waals surface area (Å²) in [5, 5.41) is 4.99. The lowest BCUT2D eigenvalue weighted by Crippen LogP contribution is -2.48. The molecular formula is C13H20N4O2S. The van der Waals surface area contributed by atoms with E-state index in [0.717, 1.165) is 19.5 Å². The molecule has 2 atom stereocenters. The monoisotopic (exact) mass is 296 g/mol. The number of hydrogen-bond donors (Lipinski definition) is 3. The van der Waals surface area contributed by atoms with Crippen LogP contribution in [0.5, 0.6) is 0 Å². The van der Waals surface area contributed by atoms with Crippen LogP contribution in [0.25, 0.3) is 0 Å². The lowest BCUT2D eigenvalue weighted by Gasteiger charge is -2.34. The molecule has 2 heterocycles. The minimum absolute atomic E-state index is 0.120. The van der Waals surface area contributed by atoms with Crippen LogP contribution in [0, 0.1) is 5.92 Å². The predicted octanol–water partition coefficient (Wildman–Crippen LogP) is 0.455. The van der Waals surface area contributed by atoms with Crippen molar-refractivity contribution >= 4 is 28.2 Å². The third kappa shape index (κ3) is 3.78. The normalized spacial score (nSPS) is 23.5. The molecule has 2 amide bonds. The zero-order chi connectivity index (χ0) is 14.7. The Kier molecular flexibility index (Phi) is 4.74.